The molecule has 0 spiro atoms. The predicted molar refractivity (Wildman–Crippen MR) is 68.6 cm³/mol. The van der Waals surface area contributed by atoms with Crippen molar-refractivity contribution in [2.45, 2.75) is 9.92 Å². The summed E-state index contributed by atoms with van der Waals surface area (Å²) in [5, 5.41) is 8.69. The van der Waals surface area contributed by atoms with Crippen LogP contribution >= 0.6 is 23.4 Å². The zero-order valence-corrected chi connectivity index (χ0v) is 10.3. The van der Waals surface area contributed by atoms with Gasteiger partial charge in [0.15, 0.2) is 0 Å². The molecule has 0 fully saturated rings. The van der Waals surface area contributed by atoms with Crippen LogP contribution in [-0.4, -0.2) is 15.8 Å². The van der Waals surface area contributed by atoms with E-state index in [1.807, 2.05) is 6.07 Å². The standard InChI is InChI=1S/C11H9ClN4S/c12-8-5-7(11(13)14)1-2-9(8)17-10-3-4-15-6-16-10/h1-6H,(H3,13,14). The minimum Gasteiger partial charge on any atom is -0.384 e. The van der Waals surface area contributed by atoms with E-state index in [0.717, 1.165) is 9.92 Å². The van der Waals surface area contributed by atoms with Gasteiger partial charge < -0.3 is 5.73 Å². The van der Waals surface area contributed by atoms with Crippen molar-refractivity contribution in [3.05, 3.63) is 47.4 Å². The number of hydrogen-bond acceptors (Lipinski definition) is 4. The highest BCUT2D eigenvalue weighted by Crippen LogP contribution is 2.32. The van der Waals surface area contributed by atoms with Gasteiger partial charge in [0.05, 0.1) is 5.02 Å². The summed E-state index contributed by atoms with van der Waals surface area (Å²) in [6.07, 6.45) is 3.16. The third kappa shape index (κ3) is 2.95. The third-order valence-corrected chi connectivity index (χ3v) is 3.46. The fourth-order valence-electron chi connectivity index (χ4n) is 1.20. The van der Waals surface area contributed by atoms with E-state index in [2.05, 4.69) is 9.97 Å². The zero-order chi connectivity index (χ0) is 12.3. The Morgan fingerprint density at radius 1 is 1.35 bits per heavy atom. The van der Waals surface area contributed by atoms with Crippen LogP contribution in [0.4, 0.5) is 0 Å². The molecule has 0 saturated carbocycles. The van der Waals surface area contributed by atoms with Crippen molar-refractivity contribution < 1.29 is 0 Å². The molecule has 3 N–H and O–H groups in total. The molecule has 0 atom stereocenters. The van der Waals surface area contributed by atoms with Crippen LogP contribution in [0.1, 0.15) is 5.56 Å². The van der Waals surface area contributed by atoms with Crippen LogP contribution in [-0.2, 0) is 0 Å². The molecule has 0 aliphatic heterocycles. The Hall–Kier alpha value is -1.59. The lowest BCUT2D eigenvalue weighted by atomic mass is 10.2. The zero-order valence-electron chi connectivity index (χ0n) is 8.72. The van der Waals surface area contributed by atoms with Gasteiger partial charge in [-0.1, -0.05) is 29.4 Å². The summed E-state index contributed by atoms with van der Waals surface area (Å²) in [6, 6.07) is 7.07. The van der Waals surface area contributed by atoms with E-state index >= 15 is 0 Å². The first-order chi connectivity index (χ1) is 8.16. The Kier molecular flexibility index (Phi) is 3.61. The fraction of sp³-hybridized carbons (Fsp3) is 0. The Morgan fingerprint density at radius 3 is 2.76 bits per heavy atom. The SMILES string of the molecule is N=C(N)c1ccc(Sc2ccncn2)c(Cl)c1. The van der Waals surface area contributed by atoms with Crippen molar-refractivity contribution in [3.63, 3.8) is 0 Å². The Bertz CT molecular complexity index is 544. The number of nitrogen functional groups attached to an aromatic ring is 1. The van der Waals surface area contributed by atoms with Crippen LogP contribution in [0.15, 0.2) is 46.7 Å². The molecule has 6 heteroatoms. The van der Waals surface area contributed by atoms with Crippen LogP contribution in [0.5, 0.6) is 0 Å². The quantitative estimate of drug-likeness (QED) is 0.508. The summed E-state index contributed by atoms with van der Waals surface area (Å²) < 4.78 is 0. The van der Waals surface area contributed by atoms with Gasteiger partial charge in [0.1, 0.15) is 17.2 Å². The second kappa shape index (κ2) is 5.16. The van der Waals surface area contributed by atoms with E-state index in [1.165, 1.54) is 18.1 Å². The summed E-state index contributed by atoms with van der Waals surface area (Å²) in [6.45, 7) is 0. The average Bonchev–Trinajstić information content (AvgIpc) is 2.33. The van der Waals surface area contributed by atoms with E-state index < -0.39 is 0 Å². The van der Waals surface area contributed by atoms with Gasteiger partial charge in [0, 0.05) is 16.7 Å². The molecule has 0 radical (unpaired) electrons. The van der Waals surface area contributed by atoms with Gasteiger partial charge in [-0.15, -0.1) is 0 Å². The van der Waals surface area contributed by atoms with Crippen LogP contribution in [0, 0.1) is 5.41 Å². The van der Waals surface area contributed by atoms with Crippen molar-refractivity contribution in [2.75, 3.05) is 0 Å². The number of nitrogens with zero attached hydrogens (tertiary/aromatic N) is 2. The molecule has 1 aromatic heterocycles. The Balaban J connectivity index is 2.26. The maximum absolute atomic E-state index is 7.32. The summed E-state index contributed by atoms with van der Waals surface area (Å²) in [5.41, 5.74) is 6.00. The molecule has 86 valence electrons. The molecule has 2 aromatic rings. The highest BCUT2D eigenvalue weighted by Gasteiger charge is 2.06. The molecule has 17 heavy (non-hydrogen) atoms. The van der Waals surface area contributed by atoms with Crippen LogP contribution in [0.2, 0.25) is 5.02 Å². The topological polar surface area (TPSA) is 75.7 Å². The molecular weight excluding hydrogens is 256 g/mol. The van der Waals surface area contributed by atoms with Crippen LogP contribution < -0.4 is 5.73 Å². The van der Waals surface area contributed by atoms with E-state index in [-0.39, 0.29) is 5.84 Å². The normalized spacial score (nSPS) is 10.2. The van der Waals surface area contributed by atoms with Crippen molar-refractivity contribution in [2.24, 2.45) is 5.73 Å². The van der Waals surface area contributed by atoms with Gasteiger partial charge in [-0.25, -0.2) is 9.97 Å². The highest BCUT2D eigenvalue weighted by atomic mass is 35.5. The minimum atomic E-state index is 0.00508. The maximum atomic E-state index is 7.32. The van der Waals surface area contributed by atoms with E-state index in [9.17, 15) is 0 Å². The van der Waals surface area contributed by atoms with Crippen LogP contribution in [0.25, 0.3) is 0 Å². The molecule has 0 amide bonds. The second-order valence-electron chi connectivity index (χ2n) is 3.21. The first-order valence-electron chi connectivity index (χ1n) is 4.74. The molecule has 4 nitrogen and oxygen atoms in total. The van der Waals surface area contributed by atoms with E-state index in [0.29, 0.717) is 10.6 Å². The predicted octanol–water partition coefficient (Wildman–Crippen LogP) is 2.57. The molecule has 1 aromatic carbocycles. The maximum Gasteiger partial charge on any atom is 0.122 e. The first-order valence-corrected chi connectivity index (χ1v) is 5.94. The number of nitrogens with one attached hydrogen (secondary N) is 1. The van der Waals surface area contributed by atoms with Gasteiger partial charge in [-0.3, -0.25) is 5.41 Å². The minimum absolute atomic E-state index is 0.00508. The number of halogens is 1. The molecule has 0 unspecified atom stereocenters. The van der Waals surface area contributed by atoms with Crippen molar-refractivity contribution in [3.8, 4) is 0 Å². The third-order valence-electron chi connectivity index (χ3n) is 2.01. The fourth-order valence-corrected chi connectivity index (χ4v) is 2.25. The number of benzene rings is 1. The number of amidine groups is 1. The highest BCUT2D eigenvalue weighted by molar-refractivity contribution is 7.99. The van der Waals surface area contributed by atoms with Crippen molar-refractivity contribution in [1.29, 1.82) is 5.41 Å². The molecule has 0 aliphatic carbocycles. The van der Waals surface area contributed by atoms with Gasteiger partial charge in [0.2, 0.25) is 0 Å². The number of aromatic nitrogens is 2. The van der Waals surface area contributed by atoms with E-state index in [4.69, 9.17) is 22.7 Å². The van der Waals surface area contributed by atoms with Crippen molar-refractivity contribution >= 4 is 29.2 Å². The molecule has 1 heterocycles. The van der Waals surface area contributed by atoms with E-state index in [1.54, 1.807) is 24.4 Å². The van der Waals surface area contributed by atoms with Crippen LogP contribution in [0.3, 0.4) is 0 Å². The summed E-state index contributed by atoms with van der Waals surface area (Å²) in [5.74, 6) is 0.00508. The molecule has 0 saturated heterocycles. The van der Waals surface area contributed by atoms with Gasteiger partial charge in [-0.2, -0.15) is 0 Å². The van der Waals surface area contributed by atoms with Gasteiger partial charge in [-0.05, 0) is 18.2 Å². The molecule has 2 rings (SSSR count). The molecular formula is C11H9ClN4S. The average molecular weight is 265 g/mol. The Labute approximate surface area is 108 Å². The smallest absolute Gasteiger partial charge is 0.122 e. The lowest BCUT2D eigenvalue weighted by molar-refractivity contribution is 1.05. The largest absolute Gasteiger partial charge is 0.384 e. The first kappa shape index (κ1) is 11.9. The summed E-state index contributed by atoms with van der Waals surface area (Å²) >= 11 is 7.55. The lowest BCUT2D eigenvalue weighted by Gasteiger charge is -2.05. The van der Waals surface area contributed by atoms with Gasteiger partial charge >= 0.3 is 0 Å². The summed E-state index contributed by atoms with van der Waals surface area (Å²) in [4.78, 5) is 8.81. The monoisotopic (exact) mass is 264 g/mol. The lowest BCUT2D eigenvalue weighted by Crippen LogP contribution is -2.10. The number of hydrogen-bond donors (Lipinski definition) is 2. The molecule has 0 bridgehead atoms. The second-order valence-corrected chi connectivity index (χ2v) is 4.68. The number of rotatable bonds is 3. The number of nitrogens with two attached hydrogens (primary N) is 1. The Morgan fingerprint density at radius 2 is 2.18 bits per heavy atom. The summed E-state index contributed by atoms with van der Waals surface area (Å²) in [7, 11) is 0. The molecule has 0 aliphatic rings. The van der Waals surface area contributed by atoms with Gasteiger partial charge in [0.25, 0.3) is 0 Å². The van der Waals surface area contributed by atoms with Crippen molar-refractivity contribution in [1.82, 2.24) is 9.97 Å².